The van der Waals surface area contributed by atoms with Crippen molar-refractivity contribution in [2.75, 3.05) is 5.73 Å². The van der Waals surface area contributed by atoms with Gasteiger partial charge in [-0.05, 0) is 30.0 Å². The van der Waals surface area contributed by atoms with Gasteiger partial charge in [0.15, 0.2) is 5.43 Å². The zero-order valence-electron chi connectivity index (χ0n) is 16.9. The fourth-order valence-electron chi connectivity index (χ4n) is 3.53. The van der Waals surface area contributed by atoms with E-state index in [0.717, 1.165) is 29.9 Å². The minimum Gasteiger partial charge on any atom is -0.385 e. The van der Waals surface area contributed by atoms with Gasteiger partial charge in [-0.25, -0.2) is 9.37 Å². The predicted octanol–water partition coefficient (Wildman–Crippen LogP) is 3.53. The van der Waals surface area contributed by atoms with Gasteiger partial charge in [0.2, 0.25) is 0 Å². The molecule has 7 heteroatoms. The van der Waals surface area contributed by atoms with Crippen molar-refractivity contribution in [1.29, 1.82) is 0 Å². The molecule has 0 spiro atoms. The summed E-state index contributed by atoms with van der Waals surface area (Å²) < 4.78 is 15.5. The van der Waals surface area contributed by atoms with Crippen LogP contribution in [-0.2, 0) is 19.6 Å². The number of H-pyrrole nitrogens is 1. The van der Waals surface area contributed by atoms with Crippen molar-refractivity contribution in [3.63, 3.8) is 0 Å². The van der Waals surface area contributed by atoms with Crippen molar-refractivity contribution in [2.24, 2.45) is 0 Å². The highest BCUT2D eigenvalue weighted by Gasteiger charge is 2.15. The zero-order valence-corrected chi connectivity index (χ0v) is 16.9. The average Bonchev–Trinajstić information content (AvgIpc) is 3.06. The second-order valence-electron chi connectivity index (χ2n) is 7.40. The Morgan fingerprint density at radius 1 is 1.24 bits per heavy atom. The van der Waals surface area contributed by atoms with E-state index in [9.17, 15) is 9.18 Å². The molecule has 29 heavy (non-hydrogen) atoms. The van der Waals surface area contributed by atoms with Crippen LogP contribution in [0, 0.1) is 5.82 Å². The number of hydrogen-bond acceptors (Lipinski definition) is 4. The molecule has 3 aromatic rings. The number of pyridine rings is 1. The van der Waals surface area contributed by atoms with Gasteiger partial charge < -0.3 is 20.6 Å². The standard InChI is InChI=1S/C22H28FN5O/c1-3-4-15(2)20-12-26-22(28(20)14-16-5-7-17(23)8-6-16)13-25-11-18-9-19(29)10-21(24)27-18/h5-10,12,15,25H,3-4,11,13-14H2,1-2H3,(H3,24,27,29). The number of nitrogens with one attached hydrogen (secondary N) is 2. The topological polar surface area (TPSA) is 88.7 Å². The van der Waals surface area contributed by atoms with Crippen LogP contribution < -0.4 is 16.5 Å². The molecule has 1 unspecified atom stereocenters. The lowest BCUT2D eigenvalue weighted by Crippen LogP contribution is -2.20. The summed E-state index contributed by atoms with van der Waals surface area (Å²) in [6.07, 6.45) is 4.11. The Bertz CT molecular complexity index is 993. The van der Waals surface area contributed by atoms with Gasteiger partial charge in [0.05, 0.1) is 6.54 Å². The zero-order chi connectivity index (χ0) is 20.8. The van der Waals surface area contributed by atoms with Crippen molar-refractivity contribution < 1.29 is 4.39 Å². The fourth-order valence-corrected chi connectivity index (χ4v) is 3.53. The molecule has 2 heterocycles. The first kappa shape index (κ1) is 20.8. The molecule has 0 aliphatic rings. The molecule has 0 radical (unpaired) electrons. The third-order valence-corrected chi connectivity index (χ3v) is 4.97. The molecule has 0 fully saturated rings. The predicted molar refractivity (Wildman–Crippen MR) is 113 cm³/mol. The number of anilines is 1. The molecular weight excluding hydrogens is 369 g/mol. The van der Waals surface area contributed by atoms with E-state index in [1.54, 1.807) is 12.1 Å². The van der Waals surface area contributed by atoms with E-state index in [2.05, 4.69) is 33.7 Å². The summed E-state index contributed by atoms with van der Waals surface area (Å²) in [5, 5.41) is 3.32. The van der Waals surface area contributed by atoms with Gasteiger partial charge in [-0.15, -0.1) is 0 Å². The number of nitrogens with zero attached hydrogens (tertiary/aromatic N) is 2. The van der Waals surface area contributed by atoms with Crippen LogP contribution in [0.4, 0.5) is 10.2 Å². The number of benzene rings is 1. The maximum absolute atomic E-state index is 13.3. The number of rotatable bonds is 9. The number of aromatic amines is 1. The molecule has 1 atom stereocenters. The molecule has 0 aliphatic carbocycles. The summed E-state index contributed by atoms with van der Waals surface area (Å²) in [6.45, 7) is 6.03. The van der Waals surface area contributed by atoms with Crippen molar-refractivity contribution in [3.05, 3.63) is 81.4 Å². The lowest BCUT2D eigenvalue weighted by molar-refractivity contribution is 0.568. The van der Waals surface area contributed by atoms with Crippen LogP contribution in [0.3, 0.4) is 0 Å². The highest BCUT2D eigenvalue weighted by Crippen LogP contribution is 2.23. The SMILES string of the molecule is CCCC(C)c1cnc(CNCc2cc(=O)cc(N)[nH]2)n1Cc1ccc(F)cc1. The van der Waals surface area contributed by atoms with Crippen LogP contribution in [0.25, 0.3) is 0 Å². The normalized spacial score (nSPS) is 12.2. The van der Waals surface area contributed by atoms with E-state index in [0.29, 0.717) is 31.4 Å². The van der Waals surface area contributed by atoms with Crippen LogP contribution >= 0.6 is 0 Å². The summed E-state index contributed by atoms with van der Waals surface area (Å²) in [7, 11) is 0. The molecule has 6 nitrogen and oxygen atoms in total. The molecular formula is C22H28FN5O. The Morgan fingerprint density at radius 2 is 2.00 bits per heavy atom. The van der Waals surface area contributed by atoms with Crippen LogP contribution in [0.5, 0.6) is 0 Å². The number of aromatic nitrogens is 3. The second-order valence-corrected chi connectivity index (χ2v) is 7.40. The number of imidazole rings is 1. The van der Waals surface area contributed by atoms with Crippen LogP contribution in [0.1, 0.15) is 55.4 Å². The molecule has 0 bridgehead atoms. The quantitative estimate of drug-likeness (QED) is 0.515. The first-order chi connectivity index (χ1) is 14.0. The minimum atomic E-state index is -0.239. The van der Waals surface area contributed by atoms with E-state index in [1.807, 2.05) is 6.20 Å². The molecule has 0 aliphatic heterocycles. The summed E-state index contributed by atoms with van der Waals surface area (Å²) >= 11 is 0. The van der Waals surface area contributed by atoms with Crippen molar-refractivity contribution in [1.82, 2.24) is 19.9 Å². The molecule has 0 saturated heterocycles. The van der Waals surface area contributed by atoms with E-state index in [1.165, 1.54) is 30.0 Å². The van der Waals surface area contributed by atoms with E-state index in [4.69, 9.17) is 5.73 Å². The van der Waals surface area contributed by atoms with E-state index >= 15 is 0 Å². The van der Waals surface area contributed by atoms with Gasteiger partial charge in [0.1, 0.15) is 17.5 Å². The second kappa shape index (κ2) is 9.52. The summed E-state index contributed by atoms with van der Waals surface area (Å²) in [4.78, 5) is 19.2. The largest absolute Gasteiger partial charge is 0.385 e. The van der Waals surface area contributed by atoms with Crippen molar-refractivity contribution in [2.45, 2.75) is 52.2 Å². The molecule has 1 aromatic carbocycles. The van der Waals surface area contributed by atoms with Gasteiger partial charge in [0.25, 0.3) is 0 Å². The number of hydrogen-bond donors (Lipinski definition) is 3. The molecule has 4 N–H and O–H groups in total. The summed E-state index contributed by atoms with van der Waals surface area (Å²) in [5.41, 5.74) is 8.51. The fraction of sp³-hybridized carbons (Fsp3) is 0.364. The van der Waals surface area contributed by atoms with Crippen molar-refractivity contribution in [3.8, 4) is 0 Å². The van der Waals surface area contributed by atoms with Crippen LogP contribution in [-0.4, -0.2) is 14.5 Å². The summed E-state index contributed by atoms with van der Waals surface area (Å²) in [6, 6.07) is 9.46. The molecule has 3 rings (SSSR count). The Hall–Kier alpha value is -2.93. The first-order valence-electron chi connectivity index (χ1n) is 9.94. The maximum Gasteiger partial charge on any atom is 0.184 e. The number of halogens is 1. The Balaban J connectivity index is 1.77. The van der Waals surface area contributed by atoms with E-state index in [-0.39, 0.29) is 11.2 Å². The highest BCUT2D eigenvalue weighted by molar-refractivity contribution is 5.28. The van der Waals surface area contributed by atoms with Gasteiger partial charge in [-0.2, -0.15) is 0 Å². The minimum absolute atomic E-state index is 0.119. The van der Waals surface area contributed by atoms with Crippen LogP contribution in [0.15, 0.2) is 47.4 Å². The number of nitrogens with two attached hydrogens (primary N) is 1. The van der Waals surface area contributed by atoms with Gasteiger partial charge in [-0.1, -0.05) is 32.4 Å². The Morgan fingerprint density at radius 3 is 2.69 bits per heavy atom. The average molecular weight is 397 g/mol. The molecule has 154 valence electrons. The molecule has 0 saturated carbocycles. The van der Waals surface area contributed by atoms with E-state index < -0.39 is 0 Å². The smallest absolute Gasteiger partial charge is 0.184 e. The lowest BCUT2D eigenvalue weighted by atomic mass is 10.0. The monoisotopic (exact) mass is 397 g/mol. The molecule has 0 amide bonds. The molecule has 2 aromatic heterocycles. The highest BCUT2D eigenvalue weighted by atomic mass is 19.1. The van der Waals surface area contributed by atoms with Gasteiger partial charge in [0, 0.05) is 42.8 Å². The third-order valence-electron chi connectivity index (χ3n) is 4.97. The first-order valence-corrected chi connectivity index (χ1v) is 9.94. The van der Waals surface area contributed by atoms with Gasteiger partial charge >= 0.3 is 0 Å². The summed E-state index contributed by atoms with van der Waals surface area (Å²) in [5.74, 6) is 1.39. The Kier molecular flexibility index (Phi) is 6.82. The number of nitrogen functional groups attached to an aromatic ring is 1. The van der Waals surface area contributed by atoms with Crippen LogP contribution in [0.2, 0.25) is 0 Å². The third kappa shape index (κ3) is 5.54. The maximum atomic E-state index is 13.3. The lowest BCUT2D eigenvalue weighted by Gasteiger charge is -2.17. The van der Waals surface area contributed by atoms with Crippen molar-refractivity contribution >= 4 is 5.82 Å². The Labute approximate surface area is 170 Å². The van der Waals surface area contributed by atoms with Gasteiger partial charge in [-0.3, -0.25) is 4.79 Å².